The summed E-state index contributed by atoms with van der Waals surface area (Å²) in [6.45, 7) is 6.87. The number of imidazole rings is 1. The van der Waals surface area contributed by atoms with Crippen molar-refractivity contribution in [2.75, 3.05) is 10.6 Å². The third kappa shape index (κ3) is 3.98. The monoisotopic (exact) mass is 432 g/mol. The molecule has 0 spiro atoms. The van der Waals surface area contributed by atoms with Crippen LogP contribution in [0, 0.1) is 0 Å². The standard InChI is InChI=1S/C22H24N8O2/c1-14(31)25-18-9-15(5-7-23-18)32-16-11-24-21-27-20(13-29(21)12-16)26-19-10-17-22(2,3)6-4-8-30(17)28-19/h5,7,9-13H,4,6,8H2,1-3H3,(H,26,28)(H,23,25,31). The van der Waals surface area contributed by atoms with Crippen LogP contribution in [0.5, 0.6) is 11.5 Å². The van der Waals surface area contributed by atoms with Gasteiger partial charge in [-0.25, -0.2) is 9.97 Å². The van der Waals surface area contributed by atoms with E-state index in [-0.39, 0.29) is 11.3 Å². The second-order valence-electron chi connectivity index (χ2n) is 8.53. The number of nitrogens with zero attached hydrogens (tertiary/aromatic N) is 6. The van der Waals surface area contributed by atoms with Crippen LogP contribution in [-0.4, -0.2) is 35.0 Å². The first-order chi connectivity index (χ1) is 15.4. The molecule has 5 rings (SSSR count). The minimum Gasteiger partial charge on any atom is -0.454 e. The Balaban J connectivity index is 1.35. The lowest BCUT2D eigenvalue weighted by Gasteiger charge is -2.30. The lowest BCUT2D eigenvalue weighted by atomic mass is 9.82. The first kappa shape index (κ1) is 20.0. The number of carbonyl (C=O) groups is 1. The fourth-order valence-corrected chi connectivity index (χ4v) is 3.96. The number of pyridine rings is 1. The van der Waals surface area contributed by atoms with E-state index >= 15 is 0 Å². The number of nitrogens with one attached hydrogen (secondary N) is 2. The highest BCUT2D eigenvalue weighted by Crippen LogP contribution is 2.34. The number of fused-ring (bicyclic) bond motifs is 2. The Bertz CT molecular complexity index is 1310. The number of carbonyl (C=O) groups excluding carboxylic acids is 1. The number of rotatable bonds is 5. The summed E-state index contributed by atoms with van der Waals surface area (Å²) in [5.41, 5.74) is 1.35. The molecule has 0 bridgehead atoms. The van der Waals surface area contributed by atoms with Crippen LogP contribution < -0.4 is 15.4 Å². The van der Waals surface area contributed by atoms with Crippen LogP contribution >= 0.6 is 0 Å². The van der Waals surface area contributed by atoms with Gasteiger partial charge in [0.2, 0.25) is 11.7 Å². The molecule has 1 aliphatic rings. The predicted octanol–water partition coefficient (Wildman–Crippen LogP) is 3.89. The molecule has 0 saturated heterocycles. The van der Waals surface area contributed by atoms with Gasteiger partial charge in [-0.2, -0.15) is 10.1 Å². The Labute approximate surface area is 184 Å². The molecule has 1 amide bonds. The molecule has 0 unspecified atom stereocenters. The topological polar surface area (TPSA) is 111 Å². The Morgan fingerprint density at radius 2 is 2.00 bits per heavy atom. The summed E-state index contributed by atoms with van der Waals surface area (Å²) in [7, 11) is 0. The van der Waals surface area contributed by atoms with Gasteiger partial charge in [-0.05, 0) is 18.9 Å². The smallest absolute Gasteiger partial charge is 0.235 e. The summed E-state index contributed by atoms with van der Waals surface area (Å²) in [5, 5.41) is 10.6. The fraction of sp³-hybridized carbons (Fsp3) is 0.318. The number of hydrogen-bond donors (Lipinski definition) is 2. The zero-order valence-corrected chi connectivity index (χ0v) is 18.2. The number of anilines is 3. The van der Waals surface area contributed by atoms with Crippen molar-refractivity contribution in [3.8, 4) is 11.5 Å². The normalized spacial score (nSPS) is 14.7. The van der Waals surface area contributed by atoms with E-state index < -0.39 is 0 Å². The van der Waals surface area contributed by atoms with Crippen molar-refractivity contribution in [2.45, 2.75) is 45.6 Å². The zero-order valence-electron chi connectivity index (χ0n) is 18.2. The van der Waals surface area contributed by atoms with Gasteiger partial charge in [0.1, 0.15) is 11.6 Å². The molecule has 164 valence electrons. The van der Waals surface area contributed by atoms with Crippen LogP contribution in [-0.2, 0) is 16.8 Å². The number of ether oxygens (including phenoxy) is 1. The molecule has 2 N–H and O–H groups in total. The molecule has 10 heteroatoms. The Morgan fingerprint density at radius 3 is 2.81 bits per heavy atom. The highest BCUT2D eigenvalue weighted by molar-refractivity contribution is 5.87. The molecule has 1 aliphatic heterocycles. The van der Waals surface area contributed by atoms with Crippen molar-refractivity contribution in [3.63, 3.8) is 0 Å². The van der Waals surface area contributed by atoms with Gasteiger partial charge in [0.25, 0.3) is 0 Å². The van der Waals surface area contributed by atoms with Crippen molar-refractivity contribution >= 4 is 29.1 Å². The number of aromatic nitrogens is 6. The molecule has 32 heavy (non-hydrogen) atoms. The van der Waals surface area contributed by atoms with Crippen molar-refractivity contribution in [1.82, 2.24) is 29.1 Å². The van der Waals surface area contributed by atoms with Gasteiger partial charge in [0.05, 0.1) is 18.6 Å². The average molecular weight is 432 g/mol. The van der Waals surface area contributed by atoms with Crippen molar-refractivity contribution in [1.29, 1.82) is 0 Å². The van der Waals surface area contributed by atoms with E-state index in [9.17, 15) is 4.79 Å². The van der Waals surface area contributed by atoms with Crippen LogP contribution in [0.15, 0.2) is 43.0 Å². The quantitative estimate of drug-likeness (QED) is 0.492. The number of amides is 1. The second-order valence-corrected chi connectivity index (χ2v) is 8.53. The number of aryl methyl sites for hydroxylation is 1. The minimum absolute atomic E-state index is 0.116. The minimum atomic E-state index is -0.196. The van der Waals surface area contributed by atoms with E-state index in [0.717, 1.165) is 25.2 Å². The maximum absolute atomic E-state index is 11.2. The maximum atomic E-state index is 11.2. The van der Waals surface area contributed by atoms with Crippen molar-refractivity contribution in [2.24, 2.45) is 0 Å². The van der Waals surface area contributed by atoms with Crippen molar-refractivity contribution < 1.29 is 9.53 Å². The van der Waals surface area contributed by atoms with E-state index in [1.165, 1.54) is 12.6 Å². The summed E-state index contributed by atoms with van der Waals surface area (Å²) in [4.78, 5) is 24.2. The summed E-state index contributed by atoms with van der Waals surface area (Å²) < 4.78 is 9.74. The average Bonchev–Trinajstić information content (AvgIpc) is 3.31. The third-order valence-electron chi connectivity index (χ3n) is 5.46. The van der Waals surface area contributed by atoms with Crippen molar-refractivity contribution in [3.05, 3.63) is 48.7 Å². The van der Waals surface area contributed by atoms with Crippen LogP contribution in [0.1, 0.15) is 39.3 Å². The summed E-state index contributed by atoms with van der Waals surface area (Å²) >= 11 is 0. The molecular formula is C22H24N8O2. The molecule has 10 nitrogen and oxygen atoms in total. The number of hydrogen-bond acceptors (Lipinski definition) is 7. The van der Waals surface area contributed by atoms with Gasteiger partial charge in [-0.3, -0.25) is 13.9 Å². The third-order valence-corrected chi connectivity index (χ3v) is 5.46. The summed E-state index contributed by atoms with van der Waals surface area (Å²) in [6, 6.07) is 5.45. The largest absolute Gasteiger partial charge is 0.454 e. The molecule has 0 aliphatic carbocycles. The van der Waals surface area contributed by atoms with E-state index in [2.05, 4.69) is 55.3 Å². The van der Waals surface area contributed by atoms with Gasteiger partial charge in [-0.15, -0.1) is 0 Å². The molecule has 0 atom stereocenters. The molecule has 0 radical (unpaired) electrons. The highest BCUT2D eigenvalue weighted by atomic mass is 16.5. The van der Waals surface area contributed by atoms with Crippen LogP contribution in [0.3, 0.4) is 0 Å². The van der Waals surface area contributed by atoms with Gasteiger partial charge in [-0.1, -0.05) is 13.8 Å². The second kappa shape index (κ2) is 7.63. The highest BCUT2D eigenvalue weighted by Gasteiger charge is 2.29. The Morgan fingerprint density at radius 1 is 1.12 bits per heavy atom. The van der Waals surface area contributed by atoms with Gasteiger partial charge in [0, 0.05) is 42.9 Å². The van der Waals surface area contributed by atoms with E-state index in [1.807, 2.05) is 6.20 Å². The zero-order chi connectivity index (χ0) is 22.3. The predicted molar refractivity (Wildman–Crippen MR) is 119 cm³/mol. The SMILES string of the molecule is CC(=O)Nc1cc(Oc2cnc3nc(Nc4cc5n(n4)CCCC5(C)C)cn3c2)ccn1. The Kier molecular flexibility index (Phi) is 4.76. The first-order valence-corrected chi connectivity index (χ1v) is 10.5. The van der Waals surface area contributed by atoms with Gasteiger partial charge < -0.3 is 15.4 Å². The lowest BCUT2D eigenvalue weighted by Crippen LogP contribution is -2.27. The molecule has 0 saturated carbocycles. The first-order valence-electron chi connectivity index (χ1n) is 10.5. The Hall–Kier alpha value is -3.95. The van der Waals surface area contributed by atoms with E-state index in [0.29, 0.717) is 28.9 Å². The molecule has 0 fully saturated rings. The van der Waals surface area contributed by atoms with E-state index in [4.69, 9.17) is 4.74 Å². The molecule has 5 heterocycles. The van der Waals surface area contributed by atoms with Crippen LogP contribution in [0.25, 0.3) is 5.78 Å². The lowest BCUT2D eigenvalue weighted by molar-refractivity contribution is -0.114. The molecule has 0 aromatic carbocycles. The van der Waals surface area contributed by atoms with E-state index in [1.54, 1.807) is 35.1 Å². The fourth-order valence-electron chi connectivity index (χ4n) is 3.96. The summed E-state index contributed by atoms with van der Waals surface area (Å²) in [5.74, 6) is 3.26. The molecule has 4 aromatic heterocycles. The summed E-state index contributed by atoms with van der Waals surface area (Å²) in [6.07, 6.45) is 9.09. The van der Waals surface area contributed by atoms with Gasteiger partial charge >= 0.3 is 0 Å². The maximum Gasteiger partial charge on any atom is 0.235 e. The van der Waals surface area contributed by atoms with Crippen LogP contribution in [0.2, 0.25) is 0 Å². The molecule has 4 aromatic rings. The van der Waals surface area contributed by atoms with Gasteiger partial charge in [0.15, 0.2) is 17.4 Å². The van der Waals surface area contributed by atoms with Crippen LogP contribution in [0.4, 0.5) is 17.5 Å². The molecular weight excluding hydrogens is 408 g/mol.